The predicted octanol–water partition coefficient (Wildman–Crippen LogP) is 3.25. The lowest BCUT2D eigenvalue weighted by atomic mass is 9.97. The van der Waals surface area contributed by atoms with E-state index in [-0.39, 0.29) is 0 Å². The number of nitrogens with one attached hydrogen (secondary N) is 1. The van der Waals surface area contributed by atoms with Gasteiger partial charge in [-0.3, -0.25) is 0 Å². The normalized spacial score (nSPS) is 15.0. The lowest BCUT2D eigenvalue weighted by Gasteiger charge is -2.12. The zero-order valence-electron chi connectivity index (χ0n) is 12.3. The summed E-state index contributed by atoms with van der Waals surface area (Å²) in [5, 5.41) is 12.3. The Morgan fingerprint density at radius 3 is 2.86 bits per heavy atom. The molecule has 3 rings (SSSR count). The molecule has 0 bridgehead atoms. The van der Waals surface area contributed by atoms with Crippen LogP contribution in [0.3, 0.4) is 0 Å². The third kappa shape index (κ3) is 4.02. The van der Waals surface area contributed by atoms with Gasteiger partial charge in [-0.1, -0.05) is 29.8 Å². The topological polar surface area (TPSA) is 42.7 Å². The summed E-state index contributed by atoms with van der Waals surface area (Å²) in [6, 6.07) is 10.00. The maximum Gasteiger partial charge on any atom is 0.0969 e. The number of benzene rings is 1. The van der Waals surface area contributed by atoms with E-state index >= 15 is 0 Å². The first-order chi connectivity index (χ1) is 10.4. The van der Waals surface area contributed by atoms with Gasteiger partial charge in [0.05, 0.1) is 17.6 Å². The molecule has 0 saturated heterocycles. The molecule has 0 unspecified atom stereocenters. The Hall–Kier alpha value is -1.94. The molecule has 0 spiro atoms. The molecule has 4 heteroatoms. The fourth-order valence-corrected chi connectivity index (χ4v) is 2.66. The average molecular weight is 282 g/mol. The summed E-state index contributed by atoms with van der Waals surface area (Å²) in [5.41, 5.74) is 3.59. The van der Waals surface area contributed by atoms with Crippen molar-refractivity contribution >= 4 is 0 Å². The molecule has 1 aliphatic rings. The smallest absolute Gasteiger partial charge is 0.0969 e. The van der Waals surface area contributed by atoms with Gasteiger partial charge in [-0.2, -0.15) is 15.0 Å². The molecule has 0 aliphatic heterocycles. The first-order valence-electron chi connectivity index (χ1n) is 7.77. The third-order valence-electron chi connectivity index (χ3n) is 3.84. The van der Waals surface area contributed by atoms with Crippen LogP contribution in [-0.4, -0.2) is 21.5 Å². The highest BCUT2D eigenvalue weighted by molar-refractivity contribution is 5.28. The Balaban J connectivity index is 1.46. The molecule has 0 atom stereocenters. The second-order valence-corrected chi connectivity index (χ2v) is 5.50. The van der Waals surface area contributed by atoms with Gasteiger partial charge in [0, 0.05) is 6.54 Å². The van der Waals surface area contributed by atoms with E-state index in [0.29, 0.717) is 0 Å². The molecule has 1 aromatic carbocycles. The fraction of sp³-hybridized carbons (Fsp3) is 0.412. The van der Waals surface area contributed by atoms with Gasteiger partial charge in [-0.15, -0.1) is 0 Å². The van der Waals surface area contributed by atoms with Crippen molar-refractivity contribution in [2.75, 3.05) is 6.54 Å². The SMILES string of the molecule is C1=C(CCNCc2cnn(-c3ccccc3)n2)CCCC1. The largest absolute Gasteiger partial charge is 0.311 e. The Bertz CT molecular complexity index is 586. The Morgan fingerprint density at radius 2 is 2.05 bits per heavy atom. The van der Waals surface area contributed by atoms with Crippen molar-refractivity contribution in [3.05, 3.63) is 53.9 Å². The number of nitrogens with zero attached hydrogens (tertiary/aromatic N) is 3. The molecule has 1 heterocycles. The molecule has 0 fully saturated rings. The molecular formula is C17H22N4. The zero-order chi connectivity index (χ0) is 14.3. The third-order valence-corrected chi connectivity index (χ3v) is 3.84. The summed E-state index contributed by atoms with van der Waals surface area (Å²) in [6.45, 7) is 1.80. The molecular weight excluding hydrogens is 260 g/mol. The summed E-state index contributed by atoms with van der Waals surface area (Å²) >= 11 is 0. The lowest BCUT2D eigenvalue weighted by Crippen LogP contribution is -2.16. The molecule has 21 heavy (non-hydrogen) atoms. The molecule has 1 aromatic heterocycles. The van der Waals surface area contributed by atoms with Crippen LogP contribution in [0.2, 0.25) is 0 Å². The van der Waals surface area contributed by atoms with Crippen LogP contribution in [0, 0.1) is 0 Å². The summed E-state index contributed by atoms with van der Waals surface area (Å²) in [5.74, 6) is 0. The van der Waals surface area contributed by atoms with Crippen molar-refractivity contribution in [1.29, 1.82) is 0 Å². The summed E-state index contributed by atoms with van der Waals surface area (Å²) in [4.78, 5) is 1.68. The first-order valence-corrected chi connectivity index (χ1v) is 7.77. The molecule has 0 radical (unpaired) electrons. The molecule has 1 aliphatic carbocycles. The number of rotatable bonds is 6. The van der Waals surface area contributed by atoms with Gasteiger partial charge in [0.1, 0.15) is 0 Å². The first kappa shape index (κ1) is 14.0. The Kier molecular flexibility index (Phi) is 4.79. The van der Waals surface area contributed by atoms with Gasteiger partial charge in [-0.05, 0) is 50.8 Å². The molecule has 0 amide bonds. The minimum Gasteiger partial charge on any atom is -0.311 e. The van der Waals surface area contributed by atoms with Crippen molar-refractivity contribution in [3.63, 3.8) is 0 Å². The van der Waals surface area contributed by atoms with Crippen LogP contribution >= 0.6 is 0 Å². The van der Waals surface area contributed by atoms with E-state index in [9.17, 15) is 0 Å². The average Bonchev–Trinajstić information content (AvgIpc) is 3.02. The molecule has 0 saturated carbocycles. The van der Waals surface area contributed by atoms with Gasteiger partial charge in [0.25, 0.3) is 0 Å². The molecule has 1 N–H and O–H groups in total. The summed E-state index contributed by atoms with van der Waals surface area (Å²) < 4.78 is 0. The summed E-state index contributed by atoms with van der Waals surface area (Å²) in [6.07, 6.45) is 10.7. The minimum atomic E-state index is 0.778. The van der Waals surface area contributed by atoms with Crippen LogP contribution < -0.4 is 5.32 Å². The fourth-order valence-electron chi connectivity index (χ4n) is 2.66. The Morgan fingerprint density at radius 1 is 1.14 bits per heavy atom. The van der Waals surface area contributed by atoms with E-state index in [2.05, 4.69) is 21.6 Å². The van der Waals surface area contributed by atoms with Gasteiger partial charge in [-0.25, -0.2) is 0 Å². The lowest BCUT2D eigenvalue weighted by molar-refractivity contribution is 0.623. The van der Waals surface area contributed by atoms with Gasteiger partial charge < -0.3 is 5.32 Å². The summed E-state index contributed by atoms with van der Waals surface area (Å²) in [7, 11) is 0. The van der Waals surface area contributed by atoms with Crippen LogP contribution in [0.1, 0.15) is 37.8 Å². The van der Waals surface area contributed by atoms with Crippen LogP contribution in [0.4, 0.5) is 0 Å². The highest BCUT2D eigenvalue weighted by Gasteiger charge is 2.04. The van der Waals surface area contributed by atoms with Crippen LogP contribution in [0.15, 0.2) is 48.2 Å². The van der Waals surface area contributed by atoms with E-state index < -0.39 is 0 Å². The van der Waals surface area contributed by atoms with Gasteiger partial charge in [0.15, 0.2) is 0 Å². The number of hydrogen-bond acceptors (Lipinski definition) is 3. The molecule has 2 aromatic rings. The van der Waals surface area contributed by atoms with E-state index in [1.54, 1.807) is 10.4 Å². The number of allylic oxidation sites excluding steroid dienone is 1. The van der Waals surface area contributed by atoms with Gasteiger partial charge in [0.2, 0.25) is 0 Å². The van der Waals surface area contributed by atoms with Crippen molar-refractivity contribution < 1.29 is 0 Å². The van der Waals surface area contributed by atoms with Crippen LogP contribution in [-0.2, 0) is 6.54 Å². The minimum absolute atomic E-state index is 0.778. The maximum atomic E-state index is 4.49. The number of hydrogen-bond donors (Lipinski definition) is 1. The van der Waals surface area contributed by atoms with E-state index in [4.69, 9.17) is 0 Å². The predicted molar refractivity (Wildman–Crippen MR) is 84.2 cm³/mol. The van der Waals surface area contributed by atoms with E-state index in [1.807, 2.05) is 36.5 Å². The van der Waals surface area contributed by atoms with Crippen molar-refractivity contribution in [1.82, 2.24) is 20.3 Å². The maximum absolute atomic E-state index is 4.49. The van der Waals surface area contributed by atoms with Crippen molar-refractivity contribution in [2.45, 2.75) is 38.6 Å². The zero-order valence-corrected chi connectivity index (χ0v) is 12.3. The molecule has 4 nitrogen and oxygen atoms in total. The standard InChI is InChI=1S/C17H22N4/c1-3-7-15(8-4-1)11-12-18-13-16-14-19-21(20-16)17-9-5-2-6-10-17/h2,5-7,9-10,14,18H,1,3-4,8,11-13H2. The second-order valence-electron chi connectivity index (χ2n) is 5.50. The van der Waals surface area contributed by atoms with E-state index in [0.717, 1.165) is 30.9 Å². The molecule has 110 valence electrons. The Labute approximate surface area is 125 Å². The second kappa shape index (κ2) is 7.18. The quantitative estimate of drug-likeness (QED) is 0.653. The van der Waals surface area contributed by atoms with Crippen molar-refractivity contribution in [3.8, 4) is 5.69 Å². The van der Waals surface area contributed by atoms with Crippen molar-refractivity contribution in [2.24, 2.45) is 0 Å². The highest BCUT2D eigenvalue weighted by atomic mass is 15.5. The van der Waals surface area contributed by atoms with Crippen LogP contribution in [0.25, 0.3) is 5.69 Å². The van der Waals surface area contributed by atoms with Crippen LogP contribution in [0.5, 0.6) is 0 Å². The number of aromatic nitrogens is 3. The van der Waals surface area contributed by atoms with E-state index in [1.165, 1.54) is 25.7 Å². The highest BCUT2D eigenvalue weighted by Crippen LogP contribution is 2.19. The van der Waals surface area contributed by atoms with Gasteiger partial charge >= 0.3 is 0 Å². The monoisotopic (exact) mass is 282 g/mol. The number of para-hydroxylation sites is 1.